The van der Waals surface area contributed by atoms with Crippen LogP contribution in [0.2, 0.25) is 0 Å². The first-order valence-corrected chi connectivity index (χ1v) is 10.0. The van der Waals surface area contributed by atoms with Crippen LogP contribution >= 0.6 is 0 Å². The zero-order valence-corrected chi connectivity index (χ0v) is 18.5. The molecule has 0 atom stereocenters. The van der Waals surface area contributed by atoms with Crippen LogP contribution in [0.1, 0.15) is 34.0 Å². The predicted octanol–water partition coefficient (Wildman–Crippen LogP) is 2.67. The molecule has 1 heterocycles. The molecule has 0 aliphatic heterocycles. The van der Waals surface area contributed by atoms with Crippen LogP contribution in [-0.4, -0.2) is 44.6 Å². The lowest BCUT2D eigenvalue weighted by Crippen LogP contribution is -2.23. The van der Waals surface area contributed by atoms with Crippen LogP contribution in [-0.2, 0) is 20.1 Å². The number of hydrogen-bond acceptors (Lipinski definition) is 6. The molecule has 8 heteroatoms. The number of ether oxygens (including phenoxy) is 1. The first-order chi connectivity index (χ1) is 14.8. The van der Waals surface area contributed by atoms with E-state index in [1.165, 1.54) is 15.4 Å². The molecule has 0 unspecified atom stereocenters. The Morgan fingerprint density at radius 2 is 1.97 bits per heavy atom. The number of aromatic nitrogens is 4. The summed E-state index contributed by atoms with van der Waals surface area (Å²) in [7, 11) is 5.29. The molecule has 1 aromatic heterocycles. The summed E-state index contributed by atoms with van der Waals surface area (Å²) in [6, 6.07) is 11.1. The second-order valence-corrected chi connectivity index (χ2v) is 7.48. The highest BCUT2D eigenvalue weighted by molar-refractivity contribution is 6.04. The summed E-state index contributed by atoms with van der Waals surface area (Å²) < 4.78 is 8.57. The Hall–Kier alpha value is -3.68. The zero-order valence-electron chi connectivity index (χ0n) is 18.5. The van der Waals surface area contributed by atoms with Crippen molar-refractivity contribution in [1.82, 2.24) is 24.7 Å². The second kappa shape index (κ2) is 9.42. The van der Waals surface area contributed by atoms with Crippen LogP contribution in [0, 0.1) is 6.92 Å². The SMILES string of the molecule is CCc1cccc(-n2nnn(C)c2=O)c1COc1ccc(C(=O)/C=C/N(C)C)cc1C. The van der Waals surface area contributed by atoms with Gasteiger partial charge in [0.25, 0.3) is 0 Å². The fraction of sp³-hybridized carbons (Fsp3) is 0.304. The van der Waals surface area contributed by atoms with E-state index in [-0.39, 0.29) is 18.1 Å². The van der Waals surface area contributed by atoms with Crippen LogP contribution in [0.5, 0.6) is 5.75 Å². The van der Waals surface area contributed by atoms with Gasteiger partial charge in [-0.05, 0) is 59.2 Å². The van der Waals surface area contributed by atoms with E-state index in [2.05, 4.69) is 17.4 Å². The van der Waals surface area contributed by atoms with E-state index in [1.54, 1.807) is 25.4 Å². The van der Waals surface area contributed by atoms with Crippen LogP contribution in [0.4, 0.5) is 0 Å². The van der Waals surface area contributed by atoms with Gasteiger partial charge in [-0.15, -0.1) is 0 Å². The Morgan fingerprint density at radius 1 is 1.19 bits per heavy atom. The smallest absolute Gasteiger partial charge is 0.368 e. The first kappa shape index (κ1) is 22.0. The quantitative estimate of drug-likeness (QED) is 0.411. The van der Waals surface area contributed by atoms with Gasteiger partial charge < -0.3 is 9.64 Å². The molecule has 0 aliphatic rings. The van der Waals surface area contributed by atoms with E-state index in [1.807, 2.05) is 50.2 Å². The third-order valence-corrected chi connectivity index (χ3v) is 4.93. The Morgan fingerprint density at radius 3 is 2.58 bits per heavy atom. The first-order valence-electron chi connectivity index (χ1n) is 10.0. The van der Waals surface area contributed by atoms with Gasteiger partial charge in [0, 0.05) is 44.5 Å². The van der Waals surface area contributed by atoms with Crippen LogP contribution in [0.15, 0.2) is 53.5 Å². The number of allylic oxidation sites excluding steroid dienone is 1. The average Bonchev–Trinajstić information content (AvgIpc) is 3.09. The van der Waals surface area contributed by atoms with Crippen molar-refractivity contribution in [2.45, 2.75) is 26.9 Å². The third kappa shape index (κ3) is 4.91. The number of rotatable bonds is 8. The Balaban J connectivity index is 1.87. The van der Waals surface area contributed by atoms with Crippen molar-refractivity contribution in [2.75, 3.05) is 14.1 Å². The van der Waals surface area contributed by atoms with Crippen molar-refractivity contribution in [3.05, 3.63) is 81.4 Å². The molecule has 8 nitrogen and oxygen atoms in total. The second-order valence-electron chi connectivity index (χ2n) is 7.48. The molecule has 0 radical (unpaired) electrons. The molecule has 0 N–H and O–H groups in total. The molecule has 0 bridgehead atoms. The lowest BCUT2D eigenvalue weighted by molar-refractivity contribution is 0.104. The van der Waals surface area contributed by atoms with Crippen molar-refractivity contribution in [2.24, 2.45) is 7.05 Å². The van der Waals surface area contributed by atoms with Gasteiger partial charge in [0.05, 0.1) is 5.69 Å². The van der Waals surface area contributed by atoms with Gasteiger partial charge in [0.1, 0.15) is 12.4 Å². The Kier molecular flexibility index (Phi) is 6.69. The van der Waals surface area contributed by atoms with Crippen molar-refractivity contribution in [1.29, 1.82) is 0 Å². The lowest BCUT2D eigenvalue weighted by Gasteiger charge is -2.15. The number of tetrazole rings is 1. The Labute approximate surface area is 181 Å². The number of benzene rings is 2. The largest absolute Gasteiger partial charge is 0.489 e. The number of aryl methyl sites for hydroxylation is 3. The fourth-order valence-corrected chi connectivity index (χ4v) is 3.21. The number of hydrogen-bond donors (Lipinski definition) is 0. The summed E-state index contributed by atoms with van der Waals surface area (Å²) in [5, 5.41) is 7.78. The molecule has 3 rings (SSSR count). The van der Waals surface area contributed by atoms with Crippen molar-refractivity contribution < 1.29 is 9.53 Å². The highest BCUT2D eigenvalue weighted by Crippen LogP contribution is 2.24. The highest BCUT2D eigenvalue weighted by atomic mass is 16.5. The average molecular weight is 422 g/mol. The van der Waals surface area contributed by atoms with Gasteiger partial charge in [-0.1, -0.05) is 19.1 Å². The van der Waals surface area contributed by atoms with Crippen molar-refractivity contribution >= 4 is 5.78 Å². The summed E-state index contributed by atoms with van der Waals surface area (Å²) in [6.45, 7) is 4.22. The molecule has 3 aromatic rings. The summed E-state index contributed by atoms with van der Waals surface area (Å²) in [4.78, 5) is 26.5. The Bertz CT molecular complexity index is 1170. The topological polar surface area (TPSA) is 82.2 Å². The number of carbonyl (C=O) groups is 1. The summed E-state index contributed by atoms with van der Waals surface area (Å²) in [5.74, 6) is 0.612. The summed E-state index contributed by atoms with van der Waals surface area (Å²) in [5.41, 5.74) is 3.73. The van der Waals surface area contributed by atoms with Gasteiger partial charge in [-0.3, -0.25) is 4.79 Å². The minimum Gasteiger partial charge on any atom is -0.489 e. The van der Waals surface area contributed by atoms with Gasteiger partial charge in [0.15, 0.2) is 5.78 Å². The minimum absolute atomic E-state index is 0.0657. The monoisotopic (exact) mass is 421 g/mol. The summed E-state index contributed by atoms with van der Waals surface area (Å²) in [6.07, 6.45) is 4.05. The third-order valence-electron chi connectivity index (χ3n) is 4.93. The molecule has 2 aromatic carbocycles. The highest BCUT2D eigenvalue weighted by Gasteiger charge is 2.15. The van der Waals surface area contributed by atoms with Crippen LogP contribution < -0.4 is 10.4 Å². The standard InChI is InChI=1S/C23H27N5O3/c1-6-17-8-7-9-20(28-23(30)27(5)24-25-28)19(17)15-31-22-11-10-18(14-16(22)2)21(29)12-13-26(3)4/h7-14H,6,15H2,1-5H3/b13-12+. The molecular weight excluding hydrogens is 394 g/mol. The molecule has 0 fully saturated rings. The summed E-state index contributed by atoms with van der Waals surface area (Å²) >= 11 is 0. The molecule has 0 spiro atoms. The van der Waals surface area contributed by atoms with Gasteiger partial charge in [-0.2, -0.15) is 9.36 Å². The van der Waals surface area contributed by atoms with Gasteiger partial charge in [-0.25, -0.2) is 4.79 Å². The van der Waals surface area contributed by atoms with E-state index in [0.29, 0.717) is 17.0 Å². The normalized spacial score (nSPS) is 11.1. The lowest BCUT2D eigenvalue weighted by atomic mass is 10.0. The maximum Gasteiger partial charge on any atom is 0.368 e. The molecule has 162 valence electrons. The van der Waals surface area contributed by atoms with Crippen LogP contribution in [0.25, 0.3) is 5.69 Å². The number of carbonyl (C=O) groups excluding carboxylic acids is 1. The van der Waals surface area contributed by atoms with E-state index >= 15 is 0 Å². The van der Waals surface area contributed by atoms with Gasteiger partial charge in [0.2, 0.25) is 0 Å². The van der Waals surface area contributed by atoms with Crippen molar-refractivity contribution in [3.63, 3.8) is 0 Å². The van der Waals surface area contributed by atoms with E-state index in [4.69, 9.17) is 4.74 Å². The maximum absolute atomic E-state index is 12.4. The predicted molar refractivity (Wildman–Crippen MR) is 119 cm³/mol. The molecule has 31 heavy (non-hydrogen) atoms. The van der Waals surface area contributed by atoms with E-state index in [0.717, 1.165) is 23.1 Å². The molecular formula is C23H27N5O3. The maximum atomic E-state index is 12.4. The number of ketones is 1. The fourth-order valence-electron chi connectivity index (χ4n) is 3.21. The molecule has 0 saturated heterocycles. The molecule has 0 amide bonds. The zero-order chi connectivity index (χ0) is 22.5. The van der Waals surface area contributed by atoms with E-state index in [9.17, 15) is 9.59 Å². The molecule has 0 aliphatic carbocycles. The van der Waals surface area contributed by atoms with Crippen LogP contribution in [0.3, 0.4) is 0 Å². The van der Waals surface area contributed by atoms with E-state index < -0.39 is 0 Å². The number of nitrogens with zero attached hydrogens (tertiary/aromatic N) is 5. The van der Waals surface area contributed by atoms with Gasteiger partial charge >= 0.3 is 5.69 Å². The van der Waals surface area contributed by atoms with Crippen molar-refractivity contribution in [3.8, 4) is 11.4 Å². The molecule has 0 saturated carbocycles. The minimum atomic E-state index is -0.320.